The molecule has 5 nitrogen and oxygen atoms in total. The quantitative estimate of drug-likeness (QED) is 0.328. The molecule has 1 heterocycles. The first kappa shape index (κ1) is 23.1. The summed E-state index contributed by atoms with van der Waals surface area (Å²) < 4.78 is 10.6. The third-order valence-corrected chi connectivity index (χ3v) is 6.71. The van der Waals surface area contributed by atoms with Gasteiger partial charge in [-0.05, 0) is 62.2 Å². The summed E-state index contributed by atoms with van der Waals surface area (Å²) in [6, 6.07) is 19.3. The van der Waals surface area contributed by atoms with Crippen LogP contribution >= 0.6 is 11.8 Å². The highest BCUT2D eigenvalue weighted by molar-refractivity contribution is 7.99. The lowest BCUT2D eigenvalue weighted by molar-refractivity contribution is 0.0335. The maximum atomic E-state index is 13.7. The van der Waals surface area contributed by atoms with Gasteiger partial charge in [0.25, 0.3) is 5.91 Å². The number of rotatable bonds is 7. The number of amides is 1. The van der Waals surface area contributed by atoms with E-state index in [1.54, 1.807) is 17.0 Å². The van der Waals surface area contributed by atoms with Crippen LogP contribution in [0.4, 0.5) is 5.69 Å². The summed E-state index contributed by atoms with van der Waals surface area (Å²) >= 11 is 1.54. The molecule has 0 saturated carbocycles. The molecule has 0 N–H and O–H groups in total. The third kappa shape index (κ3) is 5.13. The monoisotopic (exact) mass is 461 g/mol. The largest absolute Gasteiger partial charge is 0.460 e. The lowest BCUT2D eigenvalue weighted by Crippen LogP contribution is -2.31. The molecule has 0 bridgehead atoms. The normalized spacial score (nSPS) is 12.7. The van der Waals surface area contributed by atoms with Gasteiger partial charge in [-0.15, -0.1) is 0 Å². The van der Waals surface area contributed by atoms with Crippen LogP contribution in [0.5, 0.6) is 0 Å². The molecule has 4 rings (SSSR count). The van der Waals surface area contributed by atoms with Gasteiger partial charge in [0.15, 0.2) is 0 Å². The predicted molar refractivity (Wildman–Crippen MR) is 130 cm³/mol. The van der Waals surface area contributed by atoms with Crippen LogP contribution < -0.4 is 4.90 Å². The fourth-order valence-corrected chi connectivity index (χ4v) is 4.82. The molecular weight excluding hydrogens is 434 g/mol. The summed E-state index contributed by atoms with van der Waals surface area (Å²) in [6.07, 6.45) is 0. The lowest BCUT2D eigenvalue weighted by Gasteiger charge is -2.24. The highest BCUT2D eigenvalue weighted by Gasteiger charge is 2.28. The standard InChI is InChI=1S/C27H27NO4S/c1-4-31-13-14-32-27(30)20-11-12-25-23(16-20)28(17-21-15-18(2)9-10-19(21)3)26(29)22-7-5-6-8-24(22)33-25/h5-12,15-16H,4,13-14,17H2,1-3H3. The van der Waals surface area contributed by atoms with E-state index in [-0.39, 0.29) is 12.5 Å². The number of ether oxygens (including phenoxy) is 2. The molecular formula is C27H27NO4S. The van der Waals surface area contributed by atoms with Crippen LogP contribution in [0.3, 0.4) is 0 Å². The lowest BCUT2D eigenvalue weighted by atomic mass is 10.0. The van der Waals surface area contributed by atoms with Crippen LogP contribution in [0, 0.1) is 13.8 Å². The van der Waals surface area contributed by atoms with Crippen LogP contribution in [0.2, 0.25) is 0 Å². The van der Waals surface area contributed by atoms with Gasteiger partial charge in [0.05, 0.1) is 30.0 Å². The average Bonchev–Trinajstić information content (AvgIpc) is 2.93. The second kappa shape index (κ2) is 10.2. The number of carbonyl (C=O) groups is 2. The number of esters is 1. The van der Waals surface area contributed by atoms with Crippen LogP contribution in [-0.2, 0) is 16.0 Å². The number of hydrogen-bond donors (Lipinski definition) is 0. The Bertz CT molecular complexity index is 1190. The first-order valence-electron chi connectivity index (χ1n) is 11.0. The van der Waals surface area contributed by atoms with Crippen LogP contribution in [0.25, 0.3) is 0 Å². The predicted octanol–water partition coefficient (Wildman–Crippen LogP) is 5.81. The summed E-state index contributed by atoms with van der Waals surface area (Å²) in [5.41, 5.74) is 5.11. The second-order valence-corrected chi connectivity index (χ2v) is 9.02. The number of benzene rings is 3. The summed E-state index contributed by atoms with van der Waals surface area (Å²) in [7, 11) is 0. The van der Waals surface area contributed by atoms with E-state index in [4.69, 9.17) is 9.47 Å². The minimum Gasteiger partial charge on any atom is -0.460 e. The summed E-state index contributed by atoms with van der Waals surface area (Å²) in [4.78, 5) is 30.0. The first-order chi connectivity index (χ1) is 16.0. The molecule has 0 atom stereocenters. The SMILES string of the molecule is CCOCCOC(=O)c1ccc2c(c1)N(Cc1cc(C)ccc1C)C(=O)c1ccccc1S2. The van der Waals surface area contributed by atoms with Crippen molar-refractivity contribution in [2.24, 2.45) is 0 Å². The molecule has 1 aliphatic rings. The fourth-order valence-electron chi connectivity index (χ4n) is 3.77. The molecule has 170 valence electrons. The molecule has 3 aromatic rings. The molecule has 1 aliphatic heterocycles. The second-order valence-electron chi connectivity index (χ2n) is 7.93. The van der Waals surface area contributed by atoms with Crippen molar-refractivity contribution in [3.63, 3.8) is 0 Å². The van der Waals surface area contributed by atoms with Crippen molar-refractivity contribution in [3.05, 3.63) is 88.5 Å². The molecule has 33 heavy (non-hydrogen) atoms. The fraction of sp³-hybridized carbons (Fsp3) is 0.259. The minimum atomic E-state index is -0.427. The molecule has 0 aromatic heterocycles. The number of anilines is 1. The first-order valence-corrected chi connectivity index (χ1v) is 11.8. The van der Waals surface area contributed by atoms with Crippen LogP contribution in [0.1, 0.15) is 44.3 Å². The molecule has 0 aliphatic carbocycles. The maximum Gasteiger partial charge on any atom is 0.338 e. The van der Waals surface area contributed by atoms with Gasteiger partial charge in [0, 0.05) is 16.4 Å². The molecule has 0 radical (unpaired) electrons. The zero-order chi connectivity index (χ0) is 23.4. The molecule has 6 heteroatoms. The van der Waals surface area contributed by atoms with E-state index in [1.807, 2.05) is 51.1 Å². The van der Waals surface area contributed by atoms with Crippen molar-refractivity contribution in [2.45, 2.75) is 37.1 Å². The Morgan fingerprint density at radius 3 is 2.61 bits per heavy atom. The Balaban J connectivity index is 1.73. The van der Waals surface area contributed by atoms with Crippen molar-refractivity contribution < 1.29 is 19.1 Å². The number of nitrogens with zero attached hydrogens (tertiary/aromatic N) is 1. The van der Waals surface area contributed by atoms with E-state index >= 15 is 0 Å². The average molecular weight is 462 g/mol. The summed E-state index contributed by atoms with van der Waals surface area (Å²) in [5.74, 6) is -0.511. The molecule has 3 aromatic carbocycles. The Morgan fingerprint density at radius 1 is 0.970 bits per heavy atom. The zero-order valence-electron chi connectivity index (χ0n) is 19.1. The van der Waals surface area contributed by atoms with Crippen molar-refractivity contribution in [2.75, 3.05) is 24.7 Å². The van der Waals surface area contributed by atoms with Gasteiger partial charge in [-0.3, -0.25) is 4.79 Å². The number of fused-ring (bicyclic) bond motifs is 2. The Kier molecular flexibility index (Phi) is 7.16. The number of aryl methyl sites for hydroxylation is 2. The molecule has 0 saturated heterocycles. The van der Waals surface area contributed by atoms with Gasteiger partial charge >= 0.3 is 5.97 Å². The Morgan fingerprint density at radius 2 is 1.79 bits per heavy atom. The van der Waals surface area contributed by atoms with Crippen molar-refractivity contribution in [1.29, 1.82) is 0 Å². The third-order valence-electron chi connectivity index (χ3n) is 5.57. The summed E-state index contributed by atoms with van der Waals surface area (Å²) in [6.45, 7) is 7.52. The van der Waals surface area contributed by atoms with E-state index in [9.17, 15) is 9.59 Å². The Labute approximate surface area is 198 Å². The zero-order valence-corrected chi connectivity index (χ0v) is 19.9. The van der Waals surface area contributed by atoms with Gasteiger partial charge in [0.2, 0.25) is 0 Å². The van der Waals surface area contributed by atoms with Crippen molar-refractivity contribution in [1.82, 2.24) is 0 Å². The van der Waals surface area contributed by atoms with Gasteiger partial charge in [-0.25, -0.2) is 4.79 Å². The van der Waals surface area contributed by atoms with E-state index in [2.05, 4.69) is 18.2 Å². The minimum absolute atomic E-state index is 0.0837. The molecule has 0 unspecified atom stereocenters. The summed E-state index contributed by atoms with van der Waals surface area (Å²) in [5, 5.41) is 0. The number of hydrogen-bond acceptors (Lipinski definition) is 5. The highest BCUT2D eigenvalue weighted by Crippen LogP contribution is 2.42. The molecule has 0 fully saturated rings. The van der Waals surface area contributed by atoms with Gasteiger partial charge in [-0.2, -0.15) is 0 Å². The van der Waals surface area contributed by atoms with Crippen molar-refractivity contribution >= 4 is 29.3 Å². The Hall–Kier alpha value is -3.09. The van der Waals surface area contributed by atoms with E-state index < -0.39 is 5.97 Å². The van der Waals surface area contributed by atoms with E-state index in [0.717, 1.165) is 26.5 Å². The van der Waals surface area contributed by atoms with Crippen molar-refractivity contribution in [3.8, 4) is 0 Å². The smallest absolute Gasteiger partial charge is 0.338 e. The van der Waals surface area contributed by atoms with Gasteiger partial charge < -0.3 is 14.4 Å². The molecule has 0 spiro atoms. The number of carbonyl (C=O) groups excluding carboxylic acids is 2. The van der Waals surface area contributed by atoms with Gasteiger partial charge in [0.1, 0.15) is 6.61 Å². The molecule has 1 amide bonds. The van der Waals surface area contributed by atoms with E-state index in [0.29, 0.717) is 36.6 Å². The van der Waals surface area contributed by atoms with Crippen LogP contribution in [-0.4, -0.2) is 31.7 Å². The van der Waals surface area contributed by atoms with Crippen LogP contribution in [0.15, 0.2) is 70.5 Å². The van der Waals surface area contributed by atoms with E-state index in [1.165, 1.54) is 11.8 Å². The highest BCUT2D eigenvalue weighted by atomic mass is 32.2. The maximum absolute atomic E-state index is 13.7. The topological polar surface area (TPSA) is 55.8 Å². The van der Waals surface area contributed by atoms with Gasteiger partial charge in [-0.1, -0.05) is 47.7 Å².